The van der Waals surface area contributed by atoms with Gasteiger partial charge in [0.05, 0.1) is 5.75 Å². The summed E-state index contributed by atoms with van der Waals surface area (Å²) in [5.41, 5.74) is 2.25. The highest BCUT2D eigenvalue weighted by Gasteiger charge is 2.32. The maximum absolute atomic E-state index is 12.8. The number of hydrogen-bond donors (Lipinski definition) is 2. The molecule has 182 valence electrons. The maximum atomic E-state index is 12.8. The molecule has 1 saturated heterocycles. The van der Waals surface area contributed by atoms with E-state index in [4.69, 9.17) is 9.94 Å². The van der Waals surface area contributed by atoms with Crippen molar-refractivity contribution in [3.05, 3.63) is 29.8 Å². The van der Waals surface area contributed by atoms with Crippen molar-refractivity contribution < 1.29 is 23.2 Å². The summed E-state index contributed by atoms with van der Waals surface area (Å²) in [7, 11) is -3.67. The highest BCUT2D eigenvalue weighted by Crippen LogP contribution is 2.18. The summed E-state index contributed by atoms with van der Waals surface area (Å²) in [6.07, 6.45) is 9.59. The zero-order valence-corrected chi connectivity index (χ0v) is 20.2. The van der Waals surface area contributed by atoms with Crippen LogP contribution in [0.3, 0.4) is 0 Å². The fourth-order valence-corrected chi connectivity index (χ4v) is 5.81. The molecular weight excluding hydrogens is 428 g/mol. The highest BCUT2D eigenvalue weighted by atomic mass is 32.2. The molecule has 1 aromatic rings. The van der Waals surface area contributed by atoms with Crippen molar-refractivity contribution in [2.45, 2.75) is 76.4 Å². The number of sulfone groups is 1. The van der Waals surface area contributed by atoms with Gasteiger partial charge in [0.25, 0.3) is 5.91 Å². The number of nitrogens with one attached hydrogen (secondary N) is 1. The Morgan fingerprint density at radius 3 is 2.38 bits per heavy atom. The van der Waals surface area contributed by atoms with Crippen LogP contribution in [0.5, 0.6) is 5.75 Å². The van der Waals surface area contributed by atoms with E-state index in [0.717, 1.165) is 57.5 Å². The predicted octanol–water partition coefficient (Wildman–Crippen LogP) is 3.74. The quantitative estimate of drug-likeness (QED) is 0.231. The zero-order chi connectivity index (χ0) is 23.2. The number of nitrogens with zero attached hydrogens (tertiary/aromatic N) is 1. The molecule has 32 heavy (non-hydrogen) atoms. The summed E-state index contributed by atoms with van der Waals surface area (Å²) in [5, 5.41) is 7.78. The number of benzene rings is 1. The predicted molar refractivity (Wildman–Crippen MR) is 127 cm³/mol. The number of amides is 1. The smallest absolute Gasteiger partial charge is 0.261 e. The second-order valence-electron chi connectivity index (χ2n) is 8.70. The molecule has 0 bridgehead atoms. The van der Waals surface area contributed by atoms with Gasteiger partial charge < -0.3 is 4.74 Å². The molecule has 1 aliphatic rings. The van der Waals surface area contributed by atoms with Crippen LogP contribution in [0.1, 0.15) is 70.3 Å². The average molecular weight is 469 g/mol. The molecule has 1 atom stereocenters. The van der Waals surface area contributed by atoms with Crippen LogP contribution in [-0.2, 0) is 21.1 Å². The molecule has 8 heteroatoms. The molecule has 0 aliphatic carbocycles. The van der Waals surface area contributed by atoms with E-state index in [-0.39, 0.29) is 12.2 Å². The fourth-order valence-electron chi connectivity index (χ4n) is 4.09. The van der Waals surface area contributed by atoms with Crippen LogP contribution in [-0.4, -0.2) is 61.7 Å². The van der Waals surface area contributed by atoms with Gasteiger partial charge in [0, 0.05) is 6.54 Å². The third-order valence-corrected chi connectivity index (χ3v) is 8.19. The maximum Gasteiger partial charge on any atom is 0.261 e. The Balaban J connectivity index is 1.85. The Morgan fingerprint density at radius 2 is 1.72 bits per heavy atom. The minimum absolute atomic E-state index is 0.0264. The molecule has 7 nitrogen and oxygen atoms in total. The van der Waals surface area contributed by atoms with E-state index in [9.17, 15) is 13.2 Å². The lowest BCUT2D eigenvalue weighted by molar-refractivity contribution is -0.128. The Morgan fingerprint density at radius 1 is 1.06 bits per heavy atom. The standard InChI is InChI=1S/C24H40N2O5S/c1-2-3-4-5-6-10-19-32(29,30)23(24(27)25-28)20-21-11-13-22(14-12-21)31-18-17-26-15-8-7-9-16-26/h11-14,23,28H,2-10,15-20H2,1H3,(H,25,27). The topological polar surface area (TPSA) is 95.9 Å². The minimum atomic E-state index is -3.67. The van der Waals surface area contributed by atoms with Gasteiger partial charge in [-0.2, -0.15) is 0 Å². The Hall–Kier alpha value is -1.64. The summed E-state index contributed by atoms with van der Waals surface area (Å²) in [4.78, 5) is 14.5. The lowest BCUT2D eigenvalue weighted by Gasteiger charge is -2.26. The molecule has 1 amide bonds. The number of piperidine rings is 1. The van der Waals surface area contributed by atoms with E-state index >= 15 is 0 Å². The first kappa shape index (κ1) is 26.6. The van der Waals surface area contributed by atoms with Gasteiger partial charge in [-0.25, -0.2) is 13.9 Å². The van der Waals surface area contributed by atoms with Crippen molar-refractivity contribution in [3.8, 4) is 5.75 Å². The molecule has 0 spiro atoms. The van der Waals surface area contributed by atoms with Crippen molar-refractivity contribution >= 4 is 15.7 Å². The van der Waals surface area contributed by atoms with Crippen LogP contribution in [0.15, 0.2) is 24.3 Å². The number of unbranched alkanes of at least 4 members (excludes halogenated alkanes) is 5. The van der Waals surface area contributed by atoms with Gasteiger partial charge in [0.1, 0.15) is 17.6 Å². The molecule has 0 aromatic heterocycles. The third-order valence-electron chi connectivity index (χ3n) is 6.09. The molecule has 2 N–H and O–H groups in total. The van der Waals surface area contributed by atoms with Crippen LogP contribution in [0.4, 0.5) is 0 Å². The number of hydrogen-bond acceptors (Lipinski definition) is 6. The molecule has 1 aliphatic heterocycles. The zero-order valence-electron chi connectivity index (χ0n) is 19.4. The van der Waals surface area contributed by atoms with E-state index in [1.54, 1.807) is 24.3 Å². The molecule has 0 saturated carbocycles. The lowest BCUT2D eigenvalue weighted by atomic mass is 10.1. The summed E-state index contributed by atoms with van der Waals surface area (Å²) in [6, 6.07) is 7.18. The van der Waals surface area contributed by atoms with Gasteiger partial charge in [-0.05, 0) is 56.5 Å². The molecule has 1 aromatic carbocycles. The number of likely N-dealkylation sites (tertiary alicyclic amines) is 1. The molecule has 2 rings (SSSR count). The molecular formula is C24H40N2O5S. The van der Waals surface area contributed by atoms with E-state index in [0.29, 0.717) is 18.6 Å². The fraction of sp³-hybridized carbons (Fsp3) is 0.708. The van der Waals surface area contributed by atoms with Gasteiger partial charge >= 0.3 is 0 Å². The van der Waals surface area contributed by atoms with Crippen LogP contribution >= 0.6 is 0 Å². The van der Waals surface area contributed by atoms with E-state index in [1.165, 1.54) is 24.7 Å². The SMILES string of the molecule is CCCCCCCCS(=O)(=O)C(Cc1ccc(OCCN2CCCCC2)cc1)C(=O)NO. The first-order chi connectivity index (χ1) is 15.5. The Bertz CT molecular complexity index is 761. The van der Waals surface area contributed by atoms with Crippen molar-refractivity contribution in [1.82, 2.24) is 10.4 Å². The second-order valence-corrected chi connectivity index (χ2v) is 11.0. The van der Waals surface area contributed by atoms with Gasteiger partial charge in [-0.1, -0.05) is 57.6 Å². The van der Waals surface area contributed by atoms with Crippen LogP contribution in [0, 0.1) is 0 Å². The minimum Gasteiger partial charge on any atom is -0.492 e. The number of carbonyl (C=O) groups is 1. The lowest BCUT2D eigenvalue weighted by Crippen LogP contribution is -2.41. The molecule has 1 fully saturated rings. The first-order valence-electron chi connectivity index (χ1n) is 12.1. The monoisotopic (exact) mass is 468 g/mol. The van der Waals surface area contributed by atoms with Crippen LogP contribution in [0.25, 0.3) is 0 Å². The van der Waals surface area contributed by atoms with Gasteiger partial charge in [0.2, 0.25) is 0 Å². The van der Waals surface area contributed by atoms with Gasteiger partial charge in [0.15, 0.2) is 9.84 Å². The van der Waals surface area contributed by atoms with Gasteiger partial charge in [-0.3, -0.25) is 14.9 Å². The number of carbonyl (C=O) groups excluding carboxylic acids is 1. The van der Waals surface area contributed by atoms with Crippen molar-refractivity contribution in [3.63, 3.8) is 0 Å². The summed E-state index contributed by atoms with van der Waals surface area (Å²) >= 11 is 0. The normalized spacial score (nSPS) is 15.9. The number of hydroxylamine groups is 1. The molecule has 1 heterocycles. The van der Waals surface area contributed by atoms with Crippen LogP contribution in [0.2, 0.25) is 0 Å². The largest absolute Gasteiger partial charge is 0.492 e. The summed E-state index contributed by atoms with van der Waals surface area (Å²) in [5.74, 6) is -0.198. The number of rotatable bonds is 15. The summed E-state index contributed by atoms with van der Waals surface area (Å²) in [6.45, 7) is 5.91. The van der Waals surface area contributed by atoms with E-state index in [1.807, 2.05) is 0 Å². The Kier molecular flexibility index (Phi) is 12.1. The second kappa shape index (κ2) is 14.5. The molecule has 1 unspecified atom stereocenters. The highest BCUT2D eigenvalue weighted by molar-refractivity contribution is 7.92. The average Bonchev–Trinajstić information content (AvgIpc) is 2.81. The number of ether oxygens (including phenoxy) is 1. The molecule has 0 radical (unpaired) electrons. The van der Waals surface area contributed by atoms with Crippen molar-refractivity contribution in [2.24, 2.45) is 0 Å². The first-order valence-corrected chi connectivity index (χ1v) is 13.8. The van der Waals surface area contributed by atoms with Gasteiger partial charge in [-0.15, -0.1) is 0 Å². The third kappa shape index (κ3) is 9.46. The van der Waals surface area contributed by atoms with Crippen LogP contribution < -0.4 is 10.2 Å². The van der Waals surface area contributed by atoms with E-state index < -0.39 is 21.0 Å². The van der Waals surface area contributed by atoms with E-state index in [2.05, 4.69) is 11.8 Å². The summed E-state index contributed by atoms with van der Waals surface area (Å²) < 4.78 is 31.4. The Labute approximate surface area is 193 Å². The van der Waals surface area contributed by atoms with Crippen molar-refractivity contribution in [1.29, 1.82) is 0 Å². The van der Waals surface area contributed by atoms with Crippen molar-refractivity contribution in [2.75, 3.05) is 32.0 Å².